The molecule has 0 saturated carbocycles. The van der Waals surface area contributed by atoms with Crippen LogP contribution >= 0.6 is 23.2 Å². The number of ether oxygens (including phenoxy) is 1. The molecule has 2 saturated heterocycles. The molecule has 0 spiro atoms. The fourth-order valence-corrected chi connectivity index (χ4v) is 6.08. The van der Waals surface area contributed by atoms with Crippen LogP contribution in [0.3, 0.4) is 0 Å². The van der Waals surface area contributed by atoms with Crippen molar-refractivity contribution in [2.45, 2.75) is 48.2 Å². The van der Waals surface area contributed by atoms with Gasteiger partial charge in [-0.25, -0.2) is 8.42 Å². The van der Waals surface area contributed by atoms with Crippen molar-refractivity contribution >= 4 is 39.1 Å². The van der Waals surface area contributed by atoms with E-state index in [1.54, 1.807) is 48.5 Å². The maximum atomic E-state index is 13.1. The first-order chi connectivity index (χ1) is 15.8. The van der Waals surface area contributed by atoms with Gasteiger partial charge >= 0.3 is 0 Å². The second-order valence-electron chi connectivity index (χ2n) is 8.32. The number of alkyl halides is 1. The average Bonchev–Trinajstić information content (AvgIpc) is 2.80. The lowest BCUT2D eigenvalue weighted by molar-refractivity contribution is 0.0924. The molecule has 2 atom stereocenters. The Morgan fingerprint density at radius 3 is 2.48 bits per heavy atom. The van der Waals surface area contributed by atoms with Crippen molar-refractivity contribution in [1.82, 2.24) is 14.9 Å². The van der Waals surface area contributed by atoms with Crippen LogP contribution in [-0.2, 0) is 10.0 Å². The monoisotopic (exact) mass is 511 g/mol. The van der Waals surface area contributed by atoms with Gasteiger partial charge < -0.3 is 15.4 Å². The predicted molar refractivity (Wildman–Crippen MR) is 128 cm³/mol. The molecule has 7 nitrogen and oxygen atoms in total. The van der Waals surface area contributed by atoms with Gasteiger partial charge in [-0.15, -0.1) is 11.6 Å². The summed E-state index contributed by atoms with van der Waals surface area (Å²) >= 11 is 12.1. The zero-order valence-electron chi connectivity index (χ0n) is 18.0. The van der Waals surface area contributed by atoms with E-state index in [2.05, 4.69) is 10.6 Å². The minimum atomic E-state index is -3.61. The smallest absolute Gasteiger partial charge is 0.251 e. The third-order valence-electron chi connectivity index (χ3n) is 5.94. The number of carbonyl (C=O) groups excluding carboxylic acids is 1. The second-order valence-corrected chi connectivity index (χ2v) is 11.2. The third-order valence-corrected chi connectivity index (χ3v) is 8.42. The first-order valence-electron chi connectivity index (χ1n) is 11.0. The molecule has 2 fully saturated rings. The number of hydrogen-bond acceptors (Lipinski definition) is 5. The Labute approximate surface area is 204 Å². The average molecular weight is 512 g/mol. The van der Waals surface area contributed by atoms with Crippen LogP contribution in [0.1, 0.15) is 36.0 Å². The summed E-state index contributed by atoms with van der Waals surface area (Å²) in [5.74, 6) is 0.427. The molecule has 2 N–H and O–H groups in total. The number of halogens is 2. The van der Waals surface area contributed by atoms with Crippen LogP contribution < -0.4 is 15.4 Å². The molecule has 2 aliphatic heterocycles. The topological polar surface area (TPSA) is 87.7 Å². The summed E-state index contributed by atoms with van der Waals surface area (Å²) < 4.78 is 33.6. The Bertz CT molecular complexity index is 1070. The van der Waals surface area contributed by atoms with Gasteiger partial charge in [-0.1, -0.05) is 17.7 Å². The van der Waals surface area contributed by atoms with Crippen molar-refractivity contribution in [2.75, 3.05) is 19.6 Å². The summed E-state index contributed by atoms with van der Waals surface area (Å²) in [5.41, 5.74) is 0.382. The molecule has 1 amide bonds. The normalized spacial score (nSPS) is 22.6. The number of nitrogens with one attached hydrogen (secondary N) is 2. The van der Waals surface area contributed by atoms with Crippen molar-refractivity contribution in [3.05, 3.63) is 59.1 Å². The molecule has 0 bridgehead atoms. The van der Waals surface area contributed by atoms with Gasteiger partial charge in [0.1, 0.15) is 11.9 Å². The van der Waals surface area contributed by atoms with Gasteiger partial charge in [-0.3, -0.25) is 4.79 Å². The number of hydrogen-bond donors (Lipinski definition) is 2. The Morgan fingerprint density at radius 2 is 1.82 bits per heavy atom. The molecule has 10 heteroatoms. The first kappa shape index (κ1) is 24.3. The van der Waals surface area contributed by atoms with E-state index in [0.717, 1.165) is 13.0 Å². The highest BCUT2D eigenvalue weighted by atomic mass is 35.5. The van der Waals surface area contributed by atoms with Crippen molar-refractivity contribution in [1.29, 1.82) is 0 Å². The van der Waals surface area contributed by atoms with E-state index >= 15 is 0 Å². The van der Waals surface area contributed by atoms with Gasteiger partial charge in [0, 0.05) is 36.1 Å². The quantitative estimate of drug-likeness (QED) is 0.456. The van der Waals surface area contributed by atoms with Crippen LogP contribution in [0.15, 0.2) is 53.4 Å². The van der Waals surface area contributed by atoms with Gasteiger partial charge in [0.15, 0.2) is 0 Å². The Balaban J connectivity index is 1.31. The van der Waals surface area contributed by atoms with E-state index < -0.39 is 10.0 Å². The number of carbonyl (C=O) groups is 1. The Morgan fingerprint density at radius 1 is 1.09 bits per heavy atom. The van der Waals surface area contributed by atoms with E-state index in [9.17, 15) is 13.2 Å². The van der Waals surface area contributed by atoms with Crippen molar-refractivity contribution in [2.24, 2.45) is 0 Å². The highest BCUT2D eigenvalue weighted by Crippen LogP contribution is 2.25. The molecular formula is C23H27Cl2N3O4S. The van der Waals surface area contributed by atoms with Crippen molar-refractivity contribution < 1.29 is 17.9 Å². The maximum Gasteiger partial charge on any atom is 0.251 e. The number of nitrogens with zero attached hydrogens (tertiary/aromatic N) is 1. The summed E-state index contributed by atoms with van der Waals surface area (Å²) in [6.07, 6.45) is 2.65. The van der Waals surface area contributed by atoms with E-state index in [1.165, 1.54) is 4.31 Å². The molecule has 2 aromatic rings. The third kappa shape index (κ3) is 6.19. The molecule has 0 aromatic heterocycles. The standard InChI is InChI=1S/C23H27Cl2N3O4S/c24-17-3-1-2-16(14-17)23(29)27-18-9-12-28(13-10-18)33(30,31)21-6-4-19(5-7-21)32-20-8-11-26-22(25)15-20/h1-7,14,18,20,22,26H,8-13,15H2,(H,27,29). The summed E-state index contributed by atoms with van der Waals surface area (Å²) in [5, 5.41) is 6.63. The fourth-order valence-electron chi connectivity index (χ4n) is 4.11. The summed E-state index contributed by atoms with van der Waals surface area (Å²) in [7, 11) is -3.61. The molecular weight excluding hydrogens is 485 g/mol. The van der Waals surface area contributed by atoms with Crippen LogP contribution in [0.5, 0.6) is 5.75 Å². The predicted octanol–water partition coefficient (Wildman–Crippen LogP) is 3.62. The summed E-state index contributed by atoms with van der Waals surface area (Å²) in [4.78, 5) is 12.7. The SMILES string of the molecule is O=C(NC1CCN(S(=O)(=O)c2ccc(OC3CCNC(Cl)C3)cc2)CC1)c1cccc(Cl)c1. The lowest BCUT2D eigenvalue weighted by Gasteiger charge is -2.31. The molecule has 0 aliphatic carbocycles. The number of sulfonamides is 1. The van der Waals surface area contributed by atoms with Gasteiger partial charge in [-0.2, -0.15) is 4.31 Å². The minimum Gasteiger partial charge on any atom is -0.490 e. The van der Waals surface area contributed by atoms with Gasteiger partial charge in [0.25, 0.3) is 5.91 Å². The molecule has 33 heavy (non-hydrogen) atoms. The number of rotatable bonds is 6. The fraction of sp³-hybridized carbons (Fsp3) is 0.435. The van der Waals surface area contributed by atoms with Gasteiger partial charge in [-0.05, 0) is 68.3 Å². The van der Waals surface area contributed by atoms with Crippen LogP contribution in [0.4, 0.5) is 0 Å². The highest BCUT2D eigenvalue weighted by Gasteiger charge is 2.30. The molecule has 2 heterocycles. The molecule has 0 radical (unpaired) electrons. The van der Waals surface area contributed by atoms with E-state index in [-0.39, 0.29) is 28.4 Å². The van der Waals surface area contributed by atoms with Crippen molar-refractivity contribution in [3.63, 3.8) is 0 Å². The number of piperidine rings is 2. The molecule has 178 valence electrons. The lowest BCUT2D eigenvalue weighted by Crippen LogP contribution is -2.46. The van der Waals surface area contributed by atoms with Crippen LogP contribution in [0, 0.1) is 0 Å². The summed E-state index contributed by atoms with van der Waals surface area (Å²) in [6, 6.07) is 13.2. The molecule has 2 aliphatic rings. The minimum absolute atomic E-state index is 0.0114. The van der Waals surface area contributed by atoms with Gasteiger partial charge in [0.2, 0.25) is 10.0 Å². The Hall–Kier alpha value is -1.84. The second kappa shape index (κ2) is 10.6. The number of amides is 1. The zero-order valence-corrected chi connectivity index (χ0v) is 20.4. The van der Waals surface area contributed by atoms with Crippen molar-refractivity contribution in [3.8, 4) is 5.75 Å². The van der Waals surface area contributed by atoms with E-state index in [0.29, 0.717) is 48.7 Å². The Kier molecular flexibility index (Phi) is 7.81. The summed E-state index contributed by atoms with van der Waals surface area (Å²) in [6.45, 7) is 1.47. The zero-order chi connectivity index (χ0) is 23.4. The number of benzene rings is 2. The molecule has 2 aromatic carbocycles. The largest absolute Gasteiger partial charge is 0.490 e. The van der Waals surface area contributed by atoms with Crippen LogP contribution in [0.2, 0.25) is 5.02 Å². The molecule has 4 rings (SSSR count). The van der Waals surface area contributed by atoms with E-state index in [1.807, 2.05) is 0 Å². The maximum absolute atomic E-state index is 13.1. The molecule has 2 unspecified atom stereocenters. The lowest BCUT2D eigenvalue weighted by atomic mass is 10.1. The van der Waals surface area contributed by atoms with Gasteiger partial charge in [0.05, 0.1) is 10.4 Å². The first-order valence-corrected chi connectivity index (χ1v) is 13.3. The van der Waals surface area contributed by atoms with E-state index in [4.69, 9.17) is 27.9 Å². The van der Waals surface area contributed by atoms with Crippen LogP contribution in [0.25, 0.3) is 0 Å². The van der Waals surface area contributed by atoms with Crippen LogP contribution in [-0.4, -0.2) is 55.9 Å². The highest BCUT2D eigenvalue weighted by molar-refractivity contribution is 7.89.